The van der Waals surface area contributed by atoms with Gasteiger partial charge in [-0.3, -0.25) is 4.79 Å². The first kappa shape index (κ1) is 34.7. The number of ether oxygens (including phenoxy) is 4. The van der Waals surface area contributed by atoms with E-state index in [0.717, 1.165) is 24.3 Å². The molecular formula is C33H30O15. The lowest BCUT2D eigenvalue weighted by atomic mass is 10.0. The summed E-state index contributed by atoms with van der Waals surface area (Å²) in [5.41, 5.74) is 0.178. The second-order valence-corrected chi connectivity index (χ2v) is 10.2. The van der Waals surface area contributed by atoms with Gasteiger partial charge in [-0.05, 0) is 72.8 Å². The fraction of sp³-hybridized carbons (Fsp3) is 0.182. The van der Waals surface area contributed by atoms with E-state index in [4.69, 9.17) is 18.9 Å². The highest BCUT2D eigenvalue weighted by molar-refractivity contribution is 6.09. The van der Waals surface area contributed by atoms with Gasteiger partial charge in [0.25, 0.3) is 0 Å². The first-order valence-corrected chi connectivity index (χ1v) is 14.0. The summed E-state index contributed by atoms with van der Waals surface area (Å²) >= 11 is 0. The van der Waals surface area contributed by atoms with Gasteiger partial charge in [0.1, 0.15) is 50.1 Å². The van der Waals surface area contributed by atoms with Crippen molar-refractivity contribution < 1.29 is 74.2 Å². The third-order valence-corrected chi connectivity index (χ3v) is 6.54. The molecule has 2 atom stereocenters. The number of hydrogen-bond donors (Lipinski definition) is 8. The minimum Gasteiger partial charge on any atom is -0.504 e. The third kappa shape index (κ3) is 8.96. The van der Waals surface area contributed by atoms with Gasteiger partial charge in [0.05, 0.1) is 11.1 Å². The normalized spacial score (nSPS) is 12.0. The molecule has 0 bridgehead atoms. The predicted octanol–water partition coefficient (Wildman–Crippen LogP) is 2.34. The molecule has 48 heavy (non-hydrogen) atoms. The van der Waals surface area contributed by atoms with E-state index >= 15 is 0 Å². The highest BCUT2D eigenvalue weighted by Gasteiger charge is 2.18. The molecule has 8 N–H and O–H groups in total. The Balaban J connectivity index is 1.19. The Morgan fingerprint density at radius 1 is 0.479 bits per heavy atom. The van der Waals surface area contributed by atoms with Crippen molar-refractivity contribution in [2.75, 3.05) is 26.4 Å². The van der Waals surface area contributed by atoms with Crippen LogP contribution in [0.5, 0.6) is 46.0 Å². The van der Waals surface area contributed by atoms with Gasteiger partial charge in [-0.1, -0.05) is 0 Å². The summed E-state index contributed by atoms with van der Waals surface area (Å²) in [7, 11) is 0. The van der Waals surface area contributed by atoms with Crippen LogP contribution in [0.1, 0.15) is 36.6 Å². The molecule has 0 heterocycles. The monoisotopic (exact) mass is 666 g/mol. The van der Waals surface area contributed by atoms with E-state index in [1.165, 1.54) is 48.5 Å². The lowest BCUT2D eigenvalue weighted by molar-refractivity contribution is 0.0127. The van der Waals surface area contributed by atoms with Crippen molar-refractivity contribution in [3.63, 3.8) is 0 Å². The predicted molar refractivity (Wildman–Crippen MR) is 163 cm³/mol. The van der Waals surface area contributed by atoms with Crippen LogP contribution >= 0.6 is 0 Å². The number of carbonyl (C=O) groups is 3. The molecule has 4 rings (SSSR count). The van der Waals surface area contributed by atoms with Crippen LogP contribution in [0.3, 0.4) is 0 Å². The lowest BCUT2D eigenvalue weighted by Crippen LogP contribution is -2.25. The topological polar surface area (TPSA) is 250 Å². The molecule has 4 aromatic carbocycles. The zero-order valence-corrected chi connectivity index (χ0v) is 24.8. The van der Waals surface area contributed by atoms with E-state index in [1.54, 1.807) is 0 Å². The average Bonchev–Trinajstić information content (AvgIpc) is 3.08. The smallest absolute Gasteiger partial charge is 0.338 e. The van der Waals surface area contributed by atoms with Crippen LogP contribution in [-0.2, 0) is 9.47 Å². The molecule has 0 aliphatic rings. The van der Waals surface area contributed by atoms with Crippen molar-refractivity contribution in [2.45, 2.75) is 12.2 Å². The van der Waals surface area contributed by atoms with Crippen LogP contribution < -0.4 is 9.47 Å². The van der Waals surface area contributed by atoms with E-state index in [1.807, 2.05) is 0 Å². The van der Waals surface area contributed by atoms with Crippen molar-refractivity contribution in [3.8, 4) is 46.0 Å². The minimum atomic E-state index is -1.23. The first-order valence-electron chi connectivity index (χ1n) is 14.0. The summed E-state index contributed by atoms with van der Waals surface area (Å²) in [6, 6.07) is 15.7. The quantitative estimate of drug-likeness (QED) is 0.0546. The van der Waals surface area contributed by atoms with Gasteiger partial charge in [-0.15, -0.1) is 0 Å². The maximum Gasteiger partial charge on any atom is 0.338 e. The number of ketones is 1. The van der Waals surface area contributed by atoms with Crippen LogP contribution in [0.4, 0.5) is 0 Å². The number of aliphatic hydroxyl groups excluding tert-OH is 2. The highest BCUT2D eigenvalue weighted by atomic mass is 16.6. The largest absolute Gasteiger partial charge is 0.504 e. The molecule has 0 amide bonds. The van der Waals surface area contributed by atoms with E-state index < -0.39 is 71.9 Å². The number of phenols is 6. The molecule has 0 aliphatic carbocycles. The summed E-state index contributed by atoms with van der Waals surface area (Å²) in [5, 5.41) is 76.9. The molecule has 252 valence electrons. The van der Waals surface area contributed by atoms with E-state index in [0.29, 0.717) is 22.6 Å². The fourth-order valence-corrected chi connectivity index (χ4v) is 4.01. The summed E-state index contributed by atoms with van der Waals surface area (Å²) in [6.45, 7) is -1.47. The average molecular weight is 667 g/mol. The zero-order chi connectivity index (χ0) is 35.0. The molecule has 0 radical (unpaired) electrons. The second-order valence-electron chi connectivity index (χ2n) is 10.2. The van der Waals surface area contributed by atoms with Gasteiger partial charge in [0.2, 0.25) is 0 Å². The SMILES string of the molecule is O=C(OCC(O)COc1ccc(C(=O)c2ccc(OCC(O)COC(=O)c3cc(O)c(O)c(O)c3)cc2)cc1)c1cc(O)c(O)c(O)c1. The first-order chi connectivity index (χ1) is 22.8. The third-order valence-electron chi connectivity index (χ3n) is 6.54. The molecule has 15 nitrogen and oxygen atoms in total. The van der Waals surface area contributed by atoms with Crippen LogP contribution in [0.2, 0.25) is 0 Å². The molecule has 0 saturated carbocycles. The van der Waals surface area contributed by atoms with Crippen molar-refractivity contribution in [2.24, 2.45) is 0 Å². The summed E-state index contributed by atoms with van der Waals surface area (Å²) in [6.07, 6.45) is -2.47. The second kappa shape index (κ2) is 15.4. The minimum absolute atomic E-state index is 0.243. The van der Waals surface area contributed by atoms with Gasteiger partial charge in [0, 0.05) is 11.1 Å². The van der Waals surface area contributed by atoms with Gasteiger partial charge in [0.15, 0.2) is 40.3 Å². The van der Waals surface area contributed by atoms with Gasteiger partial charge >= 0.3 is 11.9 Å². The van der Waals surface area contributed by atoms with Crippen LogP contribution in [0, 0.1) is 0 Å². The number of aromatic hydroxyl groups is 6. The number of benzene rings is 4. The van der Waals surface area contributed by atoms with E-state index in [9.17, 15) is 55.2 Å². The standard InChI is InChI=1S/C33H30O15/c34-21(15-47-32(43)19-9-25(36)30(41)26(37)10-19)13-45-23-5-1-17(2-6-23)29(40)18-3-7-24(8-4-18)46-14-22(35)16-48-33(44)20-11-27(38)31(42)28(39)12-20/h1-12,21-22,34-39,41-42H,13-16H2. The van der Waals surface area contributed by atoms with Crippen LogP contribution in [-0.4, -0.2) is 97.2 Å². The van der Waals surface area contributed by atoms with Gasteiger partial charge < -0.3 is 59.8 Å². The highest BCUT2D eigenvalue weighted by Crippen LogP contribution is 2.36. The molecule has 0 aromatic heterocycles. The zero-order valence-electron chi connectivity index (χ0n) is 24.8. The molecular weight excluding hydrogens is 636 g/mol. The molecule has 15 heteroatoms. The Morgan fingerprint density at radius 2 is 0.792 bits per heavy atom. The van der Waals surface area contributed by atoms with Gasteiger partial charge in [-0.2, -0.15) is 0 Å². The maximum absolute atomic E-state index is 12.9. The summed E-state index contributed by atoms with van der Waals surface area (Å²) in [4.78, 5) is 37.1. The van der Waals surface area contributed by atoms with Crippen molar-refractivity contribution in [1.82, 2.24) is 0 Å². The summed E-state index contributed by atoms with van der Waals surface area (Å²) < 4.78 is 20.8. The summed E-state index contributed by atoms with van der Waals surface area (Å²) in [5.74, 6) is -6.04. The number of carbonyl (C=O) groups excluding carboxylic acids is 3. The number of hydrogen-bond acceptors (Lipinski definition) is 15. The number of phenolic OH excluding ortho intramolecular Hbond substituents is 6. The van der Waals surface area contributed by atoms with Crippen LogP contribution in [0.15, 0.2) is 72.8 Å². The van der Waals surface area contributed by atoms with E-state index in [2.05, 4.69) is 0 Å². The fourth-order valence-electron chi connectivity index (χ4n) is 4.01. The van der Waals surface area contributed by atoms with Gasteiger partial charge in [-0.25, -0.2) is 9.59 Å². The Labute approximate surface area is 271 Å². The molecule has 0 aliphatic heterocycles. The Morgan fingerprint density at radius 3 is 1.10 bits per heavy atom. The molecule has 4 aromatic rings. The maximum atomic E-state index is 12.9. The lowest BCUT2D eigenvalue weighted by Gasteiger charge is -2.14. The van der Waals surface area contributed by atoms with Crippen molar-refractivity contribution >= 4 is 17.7 Å². The molecule has 0 spiro atoms. The van der Waals surface area contributed by atoms with Crippen molar-refractivity contribution in [1.29, 1.82) is 0 Å². The molecule has 0 saturated heterocycles. The number of aliphatic hydroxyl groups is 2. The number of rotatable bonds is 14. The molecule has 0 fully saturated rings. The Kier molecular flexibility index (Phi) is 11.1. The Hall–Kier alpha value is -6.19. The Bertz CT molecular complexity index is 1590. The van der Waals surface area contributed by atoms with E-state index in [-0.39, 0.29) is 30.1 Å². The van der Waals surface area contributed by atoms with Crippen LogP contribution in [0.25, 0.3) is 0 Å². The van der Waals surface area contributed by atoms with Crippen molar-refractivity contribution in [3.05, 3.63) is 95.1 Å². The molecule has 2 unspecified atom stereocenters. The number of esters is 2.